The van der Waals surface area contributed by atoms with Crippen LogP contribution in [0.2, 0.25) is 0 Å². The predicted octanol–water partition coefficient (Wildman–Crippen LogP) is 2.52. The normalized spacial score (nSPS) is 12.2. The molecule has 1 atom stereocenters. The minimum atomic E-state index is -0.931. The van der Waals surface area contributed by atoms with Crippen molar-refractivity contribution in [2.45, 2.75) is 52.7 Å². The summed E-state index contributed by atoms with van der Waals surface area (Å²) in [6.45, 7) is 7.43. The van der Waals surface area contributed by atoms with Gasteiger partial charge in [-0.05, 0) is 38.4 Å². The van der Waals surface area contributed by atoms with Crippen molar-refractivity contribution in [3.63, 3.8) is 0 Å². The predicted molar refractivity (Wildman–Crippen MR) is 77.9 cm³/mol. The van der Waals surface area contributed by atoms with E-state index in [0.717, 1.165) is 30.8 Å². The summed E-state index contributed by atoms with van der Waals surface area (Å²) in [4.78, 5) is 15.6. The van der Waals surface area contributed by atoms with Crippen molar-refractivity contribution in [3.05, 3.63) is 23.5 Å². The van der Waals surface area contributed by atoms with Gasteiger partial charge in [-0.3, -0.25) is 4.98 Å². The van der Waals surface area contributed by atoms with E-state index in [1.807, 2.05) is 19.9 Å². The molecule has 0 bridgehead atoms. The molecule has 0 aliphatic rings. The molecule has 0 amide bonds. The topological polar surface area (TPSA) is 71.5 Å². The zero-order valence-corrected chi connectivity index (χ0v) is 12.5. The SMILES string of the molecule is CCCNCc1nc(C)ccc1OC(CCC)C(=O)O. The molecular weight excluding hydrogens is 256 g/mol. The van der Waals surface area contributed by atoms with Gasteiger partial charge in [0, 0.05) is 12.2 Å². The van der Waals surface area contributed by atoms with Crippen LogP contribution in [-0.4, -0.2) is 28.7 Å². The molecule has 5 nitrogen and oxygen atoms in total. The number of aromatic nitrogens is 1. The molecule has 0 aromatic carbocycles. The fraction of sp³-hybridized carbons (Fsp3) is 0.600. The van der Waals surface area contributed by atoms with Crippen LogP contribution in [0.4, 0.5) is 0 Å². The number of aliphatic carboxylic acids is 1. The van der Waals surface area contributed by atoms with Gasteiger partial charge in [0.2, 0.25) is 0 Å². The number of carboxylic acids is 1. The quantitative estimate of drug-likeness (QED) is 0.680. The van der Waals surface area contributed by atoms with E-state index in [4.69, 9.17) is 9.84 Å². The van der Waals surface area contributed by atoms with E-state index >= 15 is 0 Å². The summed E-state index contributed by atoms with van der Waals surface area (Å²) < 4.78 is 5.63. The number of ether oxygens (including phenoxy) is 1. The van der Waals surface area contributed by atoms with Crippen molar-refractivity contribution >= 4 is 5.97 Å². The second-order valence-corrected chi connectivity index (χ2v) is 4.81. The van der Waals surface area contributed by atoms with E-state index in [1.165, 1.54) is 0 Å². The van der Waals surface area contributed by atoms with Crippen LogP contribution in [-0.2, 0) is 11.3 Å². The highest BCUT2D eigenvalue weighted by molar-refractivity contribution is 5.72. The first-order chi connectivity index (χ1) is 9.58. The molecule has 1 heterocycles. The monoisotopic (exact) mass is 280 g/mol. The van der Waals surface area contributed by atoms with Crippen LogP contribution < -0.4 is 10.1 Å². The minimum absolute atomic E-state index is 0.491. The van der Waals surface area contributed by atoms with E-state index in [1.54, 1.807) is 6.07 Å². The molecule has 1 unspecified atom stereocenters. The third-order valence-electron chi connectivity index (χ3n) is 2.89. The van der Waals surface area contributed by atoms with Crippen LogP contribution >= 0.6 is 0 Å². The highest BCUT2D eigenvalue weighted by Gasteiger charge is 2.20. The van der Waals surface area contributed by atoms with Crippen molar-refractivity contribution < 1.29 is 14.6 Å². The first kappa shape index (κ1) is 16.4. The molecule has 1 aromatic heterocycles. The zero-order valence-electron chi connectivity index (χ0n) is 12.5. The van der Waals surface area contributed by atoms with Crippen molar-refractivity contribution in [1.82, 2.24) is 10.3 Å². The van der Waals surface area contributed by atoms with Gasteiger partial charge in [0.05, 0.1) is 5.69 Å². The summed E-state index contributed by atoms with van der Waals surface area (Å²) in [6.07, 6.45) is 1.48. The Bertz CT molecular complexity index is 435. The maximum atomic E-state index is 11.2. The van der Waals surface area contributed by atoms with Gasteiger partial charge >= 0.3 is 5.97 Å². The molecule has 0 saturated heterocycles. The van der Waals surface area contributed by atoms with Crippen LogP contribution in [0.3, 0.4) is 0 Å². The van der Waals surface area contributed by atoms with Crippen molar-refractivity contribution in [2.24, 2.45) is 0 Å². The lowest BCUT2D eigenvalue weighted by Crippen LogP contribution is -2.28. The molecule has 0 spiro atoms. The second-order valence-electron chi connectivity index (χ2n) is 4.81. The molecule has 112 valence electrons. The lowest BCUT2D eigenvalue weighted by Gasteiger charge is -2.17. The minimum Gasteiger partial charge on any atom is -0.479 e. The van der Waals surface area contributed by atoms with Crippen LogP contribution in [0.25, 0.3) is 0 Å². The molecule has 0 radical (unpaired) electrons. The van der Waals surface area contributed by atoms with Crippen molar-refractivity contribution in [3.8, 4) is 5.75 Å². The first-order valence-electron chi connectivity index (χ1n) is 7.15. The molecule has 2 N–H and O–H groups in total. The highest BCUT2D eigenvalue weighted by Crippen LogP contribution is 2.20. The molecule has 0 aliphatic carbocycles. The molecule has 20 heavy (non-hydrogen) atoms. The Morgan fingerprint density at radius 3 is 2.75 bits per heavy atom. The Labute approximate surface area is 120 Å². The molecule has 1 aromatic rings. The standard InChI is InChI=1S/C15H24N2O3/c1-4-6-14(15(18)19)20-13-8-7-11(3)17-12(13)10-16-9-5-2/h7-8,14,16H,4-6,9-10H2,1-3H3,(H,18,19). The largest absolute Gasteiger partial charge is 0.479 e. The number of pyridine rings is 1. The Morgan fingerprint density at radius 1 is 1.40 bits per heavy atom. The van der Waals surface area contributed by atoms with Crippen LogP contribution in [0.1, 0.15) is 44.5 Å². The van der Waals surface area contributed by atoms with Crippen LogP contribution in [0.5, 0.6) is 5.75 Å². The van der Waals surface area contributed by atoms with Crippen LogP contribution in [0.15, 0.2) is 12.1 Å². The number of hydrogen-bond donors (Lipinski definition) is 2. The highest BCUT2D eigenvalue weighted by atomic mass is 16.5. The van der Waals surface area contributed by atoms with Gasteiger partial charge in [-0.2, -0.15) is 0 Å². The fourth-order valence-electron chi connectivity index (χ4n) is 1.86. The fourth-order valence-corrected chi connectivity index (χ4v) is 1.86. The average molecular weight is 280 g/mol. The Morgan fingerprint density at radius 2 is 2.15 bits per heavy atom. The number of carbonyl (C=O) groups is 1. The Balaban J connectivity index is 2.83. The third-order valence-corrected chi connectivity index (χ3v) is 2.89. The number of nitrogens with zero attached hydrogens (tertiary/aromatic N) is 1. The van der Waals surface area contributed by atoms with Gasteiger partial charge in [-0.25, -0.2) is 4.79 Å². The summed E-state index contributed by atoms with van der Waals surface area (Å²) in [6, 6.07) is 3.64. The molecule has 0 saturated carbocycles. The Hall–Kier alpha value is -1.62. The number of aryl methyl sites for hydroxylation is 1. The molecule has 1 rings (SSSR count). The number of nitrogens with one attached hydrogen (secondary N) is 1. The smallest absolute Gasteiger partial charge is 0.344 e. The summed E-state index contributed by atoms with van der Waals surface area (Å²) in [7, 11) is 0. The zero-order chi connectivity index (χ0) is 15.0. The number of hydrogen-bond acceptors (Lipinski definition) is 4. The maximum absolute atomic E-state index is 11.2. The van der Waals surface area contributed by atoms with E-state index in [-0.39, 0.29) is 0 Å². The summed E-state index contributed by atoms with van der Waals surface area (Å²) in [5.74, 6) is -0.375. The summed E-state index contributed by atoms with van der Waals surface area (Å²) >= 11 is 0. The number of carboxylic acid groups (broad SMARTS) is 1. The van der Waals surface area contributed by atoms with E-state index in [2.05, 4.69) is 17.2 Å². The van der Waals surface area contributed by atoms with E-state index in [9.17, 15) is 4.79 Å². The second kappa shape index (κ2) is 8.53. The lowest BCUT2D eigenvalue weighted by molar-refractivity contribution is -0.145. The van der Waals surface area contributed by atoms with Gasteiger partial charge < -0.3 is 15.2 Å². The number of rotatable bonds is 9. The van der Waals surface area contributed by atoms with Gasteiger partial charge in [-0.1, -0.05) is 20.3 Å². The maximum Gasteiger partial charge on any atom is 0.344 e. The van der Waals surface area contributed by atoms with E-state index < -0.39 is 12.1 Å². The Kier molecular flexibility index (Phi) is 7.01. The average Bonchev–Trinajstić information content (AvgIpc) is 2.41. The summed E-state index contributed by atoms with van der Waals surface area (Å²) in [5.41, 5.74) is 1.66. The molecular formula is C15H24N2O3. The van der Waals surface area contributed by atoms with E-state index in [0.29, 0.717) is 18.7 Å². The lowest BCUT2D eigenvalue weighted by atomic mass is 10.2. The van der Waals surface area contributed by atoms with Gasteiger partial charge in [0.25, 0.3) is 0 Å². The van der Waals surface area contributed by atoms with Crippen molar-refractivity contribution in [2.75, 3.05) is 6.54 Å². The third kappa shape index (κ3) is 5.17. The van der Waals surface area contributed by atoms with Crippen LogP contribution in [0, 0.1) is 6.92 Å². The van der Waals surface area contributed by atoms with Gasteiger partial charge in [0.15, 0.2) is 6.10 Å². The molecule has 5 heteroatoms. The van der Waals surface area contributed by atoms with Gasteiger partial charge in [0.1, 0.15) is 5.75 Å². The van der Waals surface area contributed by atoms with Gasteiger partial charge in [-0.15, -0.1) is 0 Å². The first-order valence-corrected chi connectivity index (χ1v) is 7.15. The van der Waals surface area contributed by atoms with Crippen molar-refractivity contribution in [1.29, 1.82) is 0 Å². The molecule has 0 fully saturated rings. The molecule has 0 aliphatic heterocycles. The summed E-state index contributed by atoms with van der Waals surface area (Å²) in [5, 5.41) is 12.4.